The number of pyridine rings is 1. The van der Waals surface area contributed by atoms with E-state index in [0.29, 0.717) is 6.54 Å². The molecular weight excluding hydrogens is 378 g/mol. The van der Waals surface area contributed by atoms with Crippen LogP contribution >= 0.6 is 24.2 Å². The minimum absolute atomic E-state index is 0. The number of fused-ring (bicyclic) bond motifs is 1. The fourth-order valence-electron chi connectivity index (χ4n) is 3.93. The first-order valence-electron chi connectivity index (χ1n) is 9.46. The smallest absolute Gasteiger partial charge is 0.231 e. The van der Waals surface area contributed by atoms with Crippen molar-refractivity contribution in [1.82, 2.24) is 15.2 Å². The van der Waals surface area contributed by atoms with E-state index in [-0.39, 0.29) is 30.3 Å². The van der Waals surface area contributed by atoms with Gasteiger partial charge in [0.25, 0.3) is 0 Å². The molecule has 27 heavy (non-hydrogen) atoms. The van der Waals surface area contributed by atoms with Crippen LogP contribution in [0.1, 0.15) is 36.4 Å². The Kier molecular flexibility index (Phi) is 7.16. The molecule has 1 saturated heterocycles. The van der Waals surface area contributed by atoms with Gasteiger partial charge >= 0.3 is 0 Å². The predicted octanol–water partition coefficient (Wildman–Crippen LogP) is 3.86. The van der Waals surface area contributed by atoms with Gasteiger partial charge in [-0.15, -0.1) is 24.2 Å². The number of aromatic nitrogens is 1. The number of carbonyl (C=O) groups is 1. The van der Waals surface area contributed by atoms with Crippen molar-refractivity contribution in [3.05, 3.63) is 59.9 Å². The average molecular weight is 404 g/mol. The first-order valence-corrected chi connectivity index (χ1v) is 10.4. The van der Waals surface area contributed by atoms with Crippen molar-refractivity contribution in [2.24, 2.45) is 0 Å². The minimum atomic E-state index is -0.0314. The third-order valence-electron chi connectivity index (χ3n) is 5.33. The molecule has 2 aliphatic heterocycles. The topological polar surface area (TPSA) is 45.2 Å². The summed E-state index contributed by atoms with van der Waals surface area (Å²) >= 11 is 1.80. The van der Waals surface area contributed by atoms with Gasteiger partial charge in [-0.2, -0.15) is 0 Å². The second-order valence-electron chi connectivity index (χ2n) is 7.02. The van der Waals surface area contributed by atoms with Crippen LogP contribution in [0, 0.1) is 0 Å². The van der Waals surface area contributed by atoms with E-state index >= 15 is 0 Å². The lowest BCUT2D eigenvalue weighted by molar-refractivity contribution is -0.135. The Hall–Kier alpha value is -1.56. The molecule has 2 aromatic rings. The van der Waals surface area contributed by atoms with E-state index in [1.165, 1.54) is 10.5 Å². The molecule has 0 radical (unpaired) electrons. The monoisotopic (exact) mass is 403 g/mol. The van der Waals surface area contributed by atoms with Crippen LogP contribution < -0.4 is 5.32 Å². The van der Waals surface area contributed by atoms with Gasteiger partial charge in [0.1, 0.15) is 0 Å². The number of rotatable bonds is 4. The SMILES string of the molecule is Cl.O=C(C1CSc2ccccc21)N(Cc1ccccn1)C1CCCNCC1. The van der Waals surface area contributed by atoms with E-state index < -0.39 is 0 Å². The Balaban J connectivity index is 0.00000210. The second-order valence-corrected chi connectivity index (χ2v) is 8.09. The minimum Gasteiger partial charge on any atom is -0.333 e. The van der Waals surface area contributed by atoms with E-state index in [1.807, 2.05) is 30.5 Å². The van der Waals surface area contributed by atoms with Crippen molar-refractivity contribution >= 4 is 30.1 Å². The van der Waals surface area contributed by atoms with E-state index in [4.69, 9.17) is 0 Å². The molecule has 0 bridgehead atoms. The van der Waals surface area contributed by atoms with Crippen molar-refractivity contribution < 1.29 is 4.79 Å². The molecule has 6 heteroatoms. The van der Waals surface area contributed by atoms with Crippen LogP contribution in [0.5, 0.6) is 0 Å². The van der Waals surface area contributed by atoms with Crippen LogP contribution in [0.15, 0.2) is 53.6 Å². The summed E-state index contributed by atoms with van der Waals surface area (Å²) in [4.78, 5) is 21.4. The lowest BCUT2D eigenvalue weighted by Crippen LogP contribution is -2.43. The summed E-state index contributed by atoms with van der Waals surface area (Å²) in [6, 6.07) is 14.6. The molecule has 0 aliphatic carbocycles. The largest absolute Gasteiger partial charge is 0.333 e. The Labute approximate surface area is 171 Å². The lowest BCUT2D eigenvalue weighted by Gasteiger charge is -2.33. The molecule has 3 heterocycles. The number of hydrogen-bond donors (Lipinski definition) is 1. The average Bonchev–Trinajstić information content (AvgIpc) is 2.93. The van der Waals surface area contributed by atoms with Gasteiger partial charge in [0, 0.05) is 22.9 Å². The molecule has 0 saturated carbocycles. The summed E-state index contributed by atoms with van der Waals surface area (Å²) in [5.74, 6) is 1.08. The van der Waals surface area contributed by atoms with Gasteiger partial charge in [-0.3, -0.25) is 9.78 Å². The number of nitrogens with one attached hydrogen (secondary N) is 1. The van der Waals surface area contributed by atoms with E-state index in [9.17, 15) is 4.79 Å². The van der Waals surface area contributed by atoms with Crippen molar-refractivity contribution in [3.8, 4) is 0 Å². The van der Waals surface area contributed by atoms with Crippen LogP contribution in [0.3, 0.4) is 0 Å². The maximum atomic E-state index is 13.6. The standard InChI is InChI=1S/C21H25N3OS.ClH/c25-21(19-15-26-20-9-2-1-8-18(19)20)24(14-16-6-3-4-12-23-16)17-7-5-11-22-13-10-17;/h1-4,6,8-9,12,17,19,22H,5,7,10-11,13-15H2;1H. The molecule has 1 aromatic heterocycles. The molecule has 4 rings (SSSR count). The van der Waals surface area contributed by atoms with Crippen molar-refractivity contribution in [2.75, 3.05) is 18.8 Å². The van der Waals surface area contributed by atoms with Crippen molar-refractivity contribution in [3.63, 3.8) is 0 Å². The molecule has 1 aromatic carbocycles. The highest BCUT2D eigenvalue weighted by Crippen LogP contribution is 2.40. The van der Waals surface area contributed by atoms with Crippen molar-refractivity contribution in [1.29, 1.82) is 0 Å². The quantitative estimate of drug-likeness (QED) is 0.841. The van der Waals surface area contributed by atoms with E-state index in [0.717, 1.165) is 43.8 Å². The second kappa shape index (κ2) is 9.58. The van der Waals surface area contributed by atoms with Gasteiger partial charge in [0.15, 0.2) is 0 Å². The number of amides is 1. The van der Waals surface area contributed by atoms with Gasteiger partial charge in [0.05, 0.1) is 18.2 Å². The van der Waals surface area contributed by atoms with Gasteiger partial charge in [0.2, 0.25) is 5.91 Å². The Morgan fingerprint density at radius 1 is 1.15 bits per heavy atom. The molecular formula is C21H26ClN3OS. The zero-order chi connectivity index (χ0) is 17.8. The number of carbonyl (C=O) groups excluding carboxylic acids is 1. The highest BCUT2D eigenvalue weighted by Gasteiger charge is 2.35. The summed E-state index contributed by atoms with van der Waals surface area (Å²) in [6.07, 6.45) is 5.01. The zero-order valence-electron chi connectivity index (χ0n) is 15.3. The Morgan fingerprint density at radius 2 is 2.00 bits per heavy atom. The third-order valence-corrected chi connectivity index (χ3v) is 6.51. The third kappa shape index (κ3) is 4.65. The first kappa shape index (κ1) is 20.2. The highest BCUT2D eigenvalue weighted by molar-refractivity contribution is 7.99. The number of thioether (sulfide) groups is 1. The van der Waals surface area contributed by atoms with Gasteiger partial charge in [-0.1, -0.05) is 24.3 Å². The molecule has 1 amide bonds. The predicted molar refractivity (Wildman–Crippen MR) is 112 cm³/mol. The van der Waals surface area contributed by atoms with Gasteiger partial charge in [-0.25, -0.2) is 0 Å². The fraction of sp³-hybridized carbons (Fsp3) is 0.429. The van der Waals surface area contributed by atoms with Crippen LogP contribution in [0.25, 0.3) is 0 Å². The molecule has 4 nitrogen and oxygen atoms in total. The van der Waals surface area contributed by atoms with Crippen molar-refractivity contribution in [2.45, 2.75) is 42.7 Å². The number of benzene rings is 1. The maximum absolute atomic E-state index is 13.6. The Morgan fingerprint density at radius 3 is 2.85 bits per heavy atom. The summed E-state index contributed by atoms with van der Waals surface area (Å²) in [7, 11) is 0. The Bertz CT molecular complexity index is 750. The fourth-order valence-corrected chi connectivity index (χ4v) is 5.15. The van der Waals surface area contributed by atoms with Crippen LogP contribution in [0.4, 0.5) is 0 Å². The molecule has 1 N–H and O–H groups in total. The van der Waals surface area contributed by atoms with Gasteiger partial charge < -0.3 is 10.2 Å². The molecule has 144 valence electrons. The highest BCUT2D eigenvalue weighted by atomic mass is 35.5. The van der Waals surface area contributed by atoms with Crippen LogP contribution in [0.2, 0.25) is 0 Å². The zero-order valence-corrected chi connectivity index (χ0v) is 17.0. The first-order chi connectivity index (χ1) is 12.8. The van der Waals surface area contributed by atoms with Crippen LogP contribution in [-0.2, 0) is 11.3 Å². The van der Waals surface area contributed by atoms with Gasteiger partial charge in [-0.05, 0) is 56.1 Å². The molecule has 1 fully saturated rings. The van der Waals surface area contributed by atoms with E-state index in [2.05, 4.69) is 33.4 Å². The molecule has 2 atom stereocenters. The summed E-state index contributed by atoms with van der Waals surface area (Å²) in [5.41, 5.74) is 2.16. The molecule has 2 unspecified atom stereocenters. The molecule has 2 aliphatic rings. The normalized spacial score (nSPS) is 21.6. The number of halogens is 1. The molecule has 0 spiro atoms. The number of nitrogens with zero attached hydrogens (tertiary/aromatic N) is 2. The lowest BCUT2D eigenvalue weighted by atomic mass is 9.97. The summed E-state index contributed by atoms with van der Waals surface area (Å²) < 4.78 is 0. The number of hydrogen-bond acceptors (Lipinski definition) is 4. The summed E-state index contributed by atoms with van der Waals surface area (Å²) in [5, 5.41) is 3.46. The van der Waals surface area contributed by atoms with E-state index in [1.54, 1.807) is 11.8 Å². The maximum Gasteiger partial charge on any atom is 0.231 e. The van der Waals surface area contributed by atoms with Crippen LogP contribution in [-0.4, -0.2) is 40.7 Å². The summed E-state index contributed by atoms with van der Waals surface area (Å²) in [6.45, 7) is 2.63.